The lowest BCUT2D eigenvalue weighted by Crippen LogP contribution is -2.46. The van der Waals surface area contributed by atoms with Gasteiger partial charge in [-0.1, -0.05) is 12.1 Å². The average Bonchev–Trinajstić information content (AvgIpc) is 2.67. The van der Waals surface area contributed by atoms with Gasteiger partial charge in [0.2, 0.25) is 0 Å². The zero-order valence-electron chi connectivity index (χ0n) is 14.3. The van der Waals surface area contributed by atoms with E-state index >= 15 is 0 Å². The number of pyridine rings is 1. The van der Waals surface area contributed by atoms with Crippen LogP contribution in [0.25, 0.3) is 0 Å². The van der Waals surface area contributed by atoms with Gasteiger partial charge < -0.3 is 19.1 Å². The molecule has 0 radical (unpaired) electrons. The Hall–Kier alpha value is -2.76. The second-order valence-electron chi connectivity index (χ2n) is 5.84. The summed E-state index contributed by atoms with van der Waals surface area (Å²) in [5.41, 5.74) is 0. The standard InChI is InChI=1S/C19H22N2O4/c1-23-17-6-2-3-7-18(17)24-14-19(22)21-12-4-5-16(13-21)25-15-8-10-20-11-9-15/h2-3,6-11,16H,4-5,12-14H2,1H3. The van der Waals surface area contributed by atoms with Crippen molar-refractivity contribution in [3.63, 3.8) is 0 Å². The summed E-state index contributed by atoms with van der Waals surface area (Å²) < 4.78 is 16.8. The van der Waals surface area contributed by atoms with E-state index in [2.05, 4.69) is 4.98 Å². The Morgan fingerprint density at radius 3 is 2.72 bits per heavy atom. The van der Waals surface area contributed by atoms with Gasteiger partial charge in [-0.05, 0) is 37.1 Å². The fraction of sp³-hybridized carbons (Fsp3) is 0.368. The van der Waals surface area contributed by atoms with E-state index in [-0.39, 0.29) is 18.6 Å². The van der Waals surface area contributed by atoms with Crippen LogP contribution in [0.3, 0.4) is 0 Å². The maximum absolute atomic E-state index is 12.5. The molecule has 1 aromatic heterocycles. The van der Waals surface area contributed by atoms with Gasteiger partial charge in [-0.2, -0.15) is 0 Å². The molecule has 1 aliphatic heterocycles. The highest BCUT2D eigenvalue weighted by molar-refractivity contribution is 5.78. The molecule has 1 saturated heterocycles. The van der Waals surface area contributed by atoms with Crippen molar-refractivity contribution in [2.75, 3.05) is 26.8 Å². The highest BCUT2D eigenvalue weighted by Crippen LogP contribution is 2.26. The van der Waals surface area contributed by atoms with Crippen molar-refractivity contribution in [3.8, 4) is 17.2 Å². The van der Waals surface area contributed by atoms with E-state index in [0.717, 1.165) is 25.1 Å². The van der Waals surface area contributed by atoms with E-state index in [1.165, 1.54) is 0 Å². The summed E-state index contributed by atoms with van der Waals surface area (Å²) in [6.07, 6.45) is 5.23. The van der Waals surface area contributed by atoms with Gasteiger partial charge in [0.1, 0.15) is 11.9 Å². The Balaban J connectivity index is 1.53. The van der Waals surface area contributed by atoms with Crippen LogP contribution in [0.2, 0.25) is 0 Å². The number of carbonyl (C=O) groups excluding carboxylic acids is 1. The SMILES string of the molecule is COc1ccccc1OCC(=O)N1CCCC(Oc2ccncc2)C1. The van der Waals surface area contributed by atoms with Crippen LogP contribution in [0.5, 0.6) is 17.2 Å². The zero-order chi connectivity index (χ0) is 17.5. The molecule has 1 aromatic carbocycles. The molecule has 0 spiro atoms. The lowest BCUT2D eigenvalue weighted by atomic mass is 10.1. The molecule has 6 heteroatoms. The Kier molecular flexibility index (Phi) is 5.72. The van der Waals surface area contributed by atoms with Crippen LogP contribution < -0.4 is 14.2 Å². The summed E-state index contributed by atoms with van der Waals surface area (Å²) in [6, 6.07) is 11.0. The van der Waals surface area contributed by atoms with Gasteiger partial charge >= 0.3 is 0 Å². The molecule has 0 aliphatic carbocycles. The predicted octanol–water partition coefficient (Wildman–Crippen LogP) is 2.54. The number of ether oxygens (including phenoxy) is 3. The smallest absolute Gasteiger partial charge is 0.260 e. The number of amides is 1. The summed E-state index contributed by atoms with van der Waals surface area (Å²) >= 11 is 0. The van der Waals surface area contributed by atoms with Crippen LogP contribution in [0.1, 0.15) is 12.8 Å². The Bertz CT molecular complexity index is 693. The average molecular weight is 342 g/mol. The van der Waals surface area contributed by atoms with Crippen molar-refractivity contribution in [2.24, 2.45) is 0 Å². The van der Waals surface area contributed by atoms with Crippen molar-refractivity contribution in [1.82, 2.24) is 9.88 Å². The number of nitrogens with zero attached hydrogens (tertiary/aromatic N) is 2. The second-order valence-corrected chi connectivity index (χ2v) is 5.84. The summed E-state index contributed by atoms with van der Waals surface area (Å²) in [7, 11) is 1.58. The zero-order valence-corrected chi connectivity index (χ0v) is 14.3. The first kappa shape index (κ1) is 17.1. The Labute approximate surface area is 147 Å². The molecule has 2 aromatic rings. The first-order valence-corrected chi connectivity index (χ1v) is 8.36. The number of aromatic nitrogens is 1. The Morgan fingerprint density at radius 2 is 1.96 bits per heavy atom. The number of hydrogen-bond acceptors (Lipinski definition) is 5. The molecule has 6 nitrogen and oxygen atoms in total. The van der Waals surface area contributed by atoms with Crippen LogP contribution >= 0.6 is 0 Å². The minimum Gasteiger partial charge on any atom is -0.493 e. The van der Waals surface area contributed by atoms with Gasteiger partial charge in [-0.25, -0.2) is 0 Å². The molecule has 3 rings (SSSR count). The van der Waals surface area contributed by atoms with Crippen LogP contribution in [-0.2, 0) is 4.79 Å². The van der Waals surface area contributed by atoms with E-state index in [0.29, 0.717) is 18.0 Å². The summed E-state index contributed by atoms with van der Waals surface area (Å²) in [4.78, 5) is 18.2. The number of carbonyl (C=O) groups is 1. The van der Waals surface area contributed by atoms with Gasteiger partial charge in [-0.15, -0.1) is 0 Å². The van der Waals surface area contributed by atoms with E-state index in [9.17, 15) is 4.79 Å². The highest BCUT2D eigenvalue weighted by atomic mass is 16.5. The molecule has 25 heavy (non-hydrogen) atoms. The number of rotatable bonds is 6. The van der Waals surface area contributed by atoms with Crippen molar-refractivity contribution in [2.45, 2.75) is 18.9 Å². The molecule has 1 fully saturated rings. The fourth-order valence-corrected chi connectivity index (χ4v) is 2.84. The van der Waals surface area contributed by atoms with E-state index in [1.54, 1.807) is 36.5 Å². The third kappa shape index (κ3) is 4.62. The highest BCUT2D eigenvalue weighted by Gasteiger charge is 2.25. The molecule has 0 N–H and O–H groups in total. The van der Waals surface area contributed by atoms with Crippen LogP contribution in [-0.4, -0.2) is 48.7 Å². The van der Waals surface area contributed by atoms with Gasteiger partial charge in [0.25, 0.3) is 5.91 Å². The quantitative estimate of drug-likeness (QED) is 0.807. The topological polar surface area (TPSA) is 60.9 Å². The number of hydrogen-bond donors (Lipinski definition) is 0. The van der Waals surface area contributed by atoms with Crippen molar-refractivity contribution in [1.29, 1.82) is 0 Å². The first-order chi connectivity index (χ1) is 12.3. The molecule has 0 saturated carbocycles. The number of methoxy groups -OCH3 is 1. The molecule has 2 heterocycles. The minimum atomic E-state index is -0.0473. The van der Waals surface area contributed by atoms with E-state index in [4.69, 9.17) is 14.2 Å². The summed E-state index contributed by atoms with van der Waals surface area (Å²) in [5, 5.41) is 0. The summed E-state index contributed by atoms with van der Waals surface area (Å²) in [6.45, 7) is 1.28. The molecule has 1 atom stereocenters. The first-order valence-electron chi connectivity index (χ1n) is 8.36. The monoisotopic (exact) mass is 342 g/mol. The lowest BCUT2D eigenvalue weighted by Gasteiger charge is -2.32. The number of piperidine rings is 1. The number of likely N-dealkylation sites (tertiary alicyclic amines) is 1. The fourth-order valence-electron chi connectivity index (χ4n) is 2.84. The largest absolute Gasteiger partial charge is 0.493 e. The minimum absolute atomic E-state index is 0.00800. The van der Waals surface area contributed by atoms with Crippen LogP contribution in [0, 0.1) is 0 Å². The van der Waals surface area contributed by atoms with E-state index in [1.807, 2.05) is 24.3 Å². The number of para-hydroxylation sites is 2. The molecule has 1 amide bonds. The van der Waals surface area contributed by atoms with Crippen LogP contribution in [0.4, 0.5) is 0 Å². The molecule has 132 valence electrons. The van der Waals surface area contributed by atoms with Crippen molar-refractivity contribution < 1.29 is 19.0 Å². The molecule has 1 unspecified atom stereocenters. The molecule has 0 bridgehead atoms. The summed E-state index contributed by atoms with van der Waals surface area (Å²) in [5.74, 6) is 1.92. The van der Waals surface area contributed by atoms with Crippen LogP contribution in [0.15, 0.2) is 48.8 Å². The molecular weight excluding hydrogens is 320 g/mol. The predicted molar refractivity (Wildman–Crippen MR) is 93.0 cm³/mol. The molecular formula is C19H22N2O4. The van der Waals surface area contributed by atoms with Crippen molar-refractivity contribution in [3.05, 3.63) is 48.8 Å². The maximum Gasteiger partial charge on any atom is 0.260 e. The molecule has 1 aliphatic rings. The van der Waals surface area contributed by atoms with Crippen molar-refractivity contribution >= 4 is 5.91 Å². The third-order valence-electron chi connectivity index (χ3n) is 4.10. The maximum atomic E-state index is 12.5. The Morgan fingerprint density at radius 1 is 1.20 bits per heavy atom. The second kappa shape index (κ2) is 8.37. The van der Waals surface area contributed by atoms with Gasteiger partial charge in [0.05, 0.1) is 13.7 Å². The van der Waals surface area contributed by atoms with Gasteiger partial charge in [-0.3, -0.25) is 9.78 Å². The third-order valence-corrected chi connectivity index (χ3v) is 4.10. The van der Waals surface area contributed by atoms with Gasteiger partial charge in [0.15, 0.2) is 18.1 Å². The normalized spacial score (nSPS) is 17.0. The lowest BCUT2D eigenvalue weighted by molar-refractivity contribution is -0.136. The van der Waals surface area contributed by atoms with E-state index < -0.39 is 0 Å². The van der Waals surface area contributed by atoms with Gasteiger partial charge in [0, 0.05) is 18.9 Å². The number of benzene rings is 1.